The molecule has 1 aromatic carbocycles. The van der Waals surface area contributed by atoms with Crippen LogP contribution < -0.4 is 0 Å². The molecule has 8 heteroatoms. The lowest BCUT2D eigenvalue weighted by molar-refractivity contribution is 0.628. The first kappa shape index (κ1) is 18.4. The van der Waals surface area contributed by atoms with Crippen LogP contribution in [0.3, 0.4) is 0 Å². The fourth-order valence-electron chi connectivity index (χ4n) is 3.99. The number of H-pyrrole nitrogens is 2. The van der Waals surface area contributed by atoms with E-state index in [1.807, 2.05) is 49.0 Å². The van der Waals surface area contributed by atoms with E-state index in [0.29, 0.717) is 0 Å². The molecule has 0 amide bonds. The summed E-state index contributed by atoms with van der Waals surface area (Å²) in [6.45, 7) is 1.96. The number of aromatic nitrogens is 7. The summed E-state index contributed by atoms with van der Waals surface area (Å²) >= 11 is 0. The van der Waals surface area contributed by atoms with Gasteiger partial charge in [0.05, 0.1) is 34.5 Å². The molecule has 0 spiro atoms. The second-order valence-corrected chi connectivity index (χ2v) is 7.73. The Morgan fingerprint density at radius 2 is 1.78 bits per heavy atom. The first-order valence-electron chi connectivity index (χ1n) is 10.2. The minimum absolute atomic E-state index is 0.274. The van der Waals surface area contributed by atoms with E-state index in [0.717, 1.165) is 61.8 Å². The van der Waals surface area contributed by atoms with Gasteiger partial charge in [0.25, 0.3) is 0 Å². The number of fused-ring (bicyclic) bond motifs is 2. The zero-order valence-corrected chi connectivity index (χ0v) is 17.4. The monoisotopic (exact) mass is 423 g/mol. The standard InChI is InChI=1S/C24H18FN7/c1-13-27-12-21(32(13)2)18-7-8-19-23(29-18)24(31-30-19)20-11-16-17(28-20)9-10-26-22(16)14-3-5-15(25)6-4-14/h3-12,28H,1-2H3,(H,30,31). The third-order valence-electron chi connectivity index (χ3n) is 5.81. The number of nitrogens with zero attached hydrogens (tertiary/aromatic N) is 5. The van der Waals surface area contributed by atoms with Crippen molar-refractivity contribution in [2.45, 2.75) is 6.92 Å². The van der Waals surface area contributed by atoms with Gasteiger partial charge in [0.1, 0.15) is 22.9 Å². The van der Waals surface area contributed by atoms with Gasteiger partial charge < -0.3 is 9.55 Å². The molecule has 32 heavy (non-hydrogen) atoms. The van der Waals surface area contributed by atoms with Gasteiger partial charge in [0.2, 0.25) is 0 Å². The summed E-state index contributed by atoms with van der Waals surface area (Å²) in [6.07, 6.45) is 3.57. The molecule has 0 saturated carbocycles. The van der Waals surface area contributed by atoms with Gasteiger partial charge in [-0.3, -0.25) is 10.1 Å². The second-order valence-electron chi connectivity index (χ2n) is 7.73. The lowest BCUT2D eigenvalue weighted by Crippen LogP contribution is -1.96. The predicted molar refractivity (Wildman–Crippen MR) is 121 cm³/mol. The average molecular weight is 423 g/mol. The summed E-state index contributed by atoms with van der Waals surface area (Å²) in [6, 6.07) is 14.2. The zero-order valence-electron chi connectivity index (χ0n) is 17.4. The summed E-state index contributed by atoms with van der Waals surface area (Å²) in [5, 5.41) is 8.53. The molecule has 5 aromatic heterocycles. The Morgan fingerprint density at radius 1 is 0.938 bits per heavy atom. The van der Waals surface area contributed by atoms with Crippen LogP contribution in [0.1, 0.15) is 5.82 Å². The van der Waals surface area contributed by atoms with E-state index in [4.69, 9.17) is 4.98 Å². The molecule has 0 fully saturated rings. The number of aromatic amines is 2. The van der Waals surface area contributed by atoms with Crippen molar-refractivity contribution in [3.63, 3.8) is 0 Å². The number of halogens is 1. The van der Waals surface area contributed by atoms with Gasteiger partial charge in [-0.05, 0) is 55.5 Å². The molecule has 0 saturated heterocycles. The number of pyridine rings is 2. The van der Waals surface area contributed by atoms with Crippen molar-refractivity contribution >= 4 is 21.9 Å². The minimum Gasteiger partial charge on any atom is -0.353 e. The summed E-state index contributed by atoms with van der Waals surface area (Å²) < 4.78 is 15.4. The largest absolute Gasteiger partial charge is 0.353 e. The van der Waals surface area contributed by atoms with Gasteiger partial charge in [-0.25, -0.2) is 14.4 Å². The van der Waals surface area contributed by atoms with Crippen molar-refractivity contribution in [2.75, 3.05) is 0 Å². The molecular weight excluding hydrogens is 405 g/mol. The third-order valence-corrected chi connectivity index (χ3v) is 5.81. The second kappa shape index (κ2) is 6.84. The fourth-order valence-corrected chi connectivity index (χ4v) is 3.99. The lowest BCUT2D eigenvalue weighted by Gasteiger charge is -2.03. The van der Waals surface area contributed by atoms with Gasteiger partial charge in [-0.1, -0.05) is 0 Å². The van der Waals surface area contributed by atoms with E-state index in [1.54, 1.807) is 18.3 Å². The number of imidazole rings is 1. The van der Waals surface area contributed by atoms with E-state index in [9.17, 15) is 4.39 Å². The molecule has 5 heterocycles. The quantitative estimate of drug-likeness (QED) is 0.419. The number of aryl methyl sites for hydroxylation is 1. The van der Waals surface area contributed by atoms with Crippen molar-refractivity contribution in [3.05, 3.63) is 72.6 Å². The Balaban J connectivity index is 1.51. The van der Waals surface area contributed by atoms with Crippen molar-refractivity contribution in [3.8, 4) is 34.0 Å². The molecule has 0 atom stereocenters. The number of hydrogen-bond acceptors (Lipinski definition) is 4. The normalized spacial score (nSPS) is 11.6. The summed E-state index contributed by atoms with van der Waals surface area (Å²) in [7, 11) is 1.97. The third kappa shape index (κ3) is 2.80. The molecule has 7 nitrogen and oxygen atoms in total. The van der Waals surface area contributed by atoms with Gasteiger partial charge in [0.15, 0.2) is 0 Å². The highest BCUT2D eigenvalue weighted by Gasteiger charge is 2.17. The molecule has 0 aliphatic rings. The van der Waals surface area contributed by atoms with Gasteiger partial charge >= 0.3 is 0 Å². The Kier molecular flexibility index (Phi) is 3.94. The predicted octanol–water partition coefficient (Wildman–Crippen LogP) is 5.02. The molecule has 0 radical (unpaired) electrons. The van der Waals surface area contributed by atoms with Gasteiger partial charge in [0, 0.05) is 29.7 Å². The van der Waals surface area contributed by atoms with Crippen LogP contribution in [0.4, 0.5) is 4.39 Å². The number of nitrogens with one attached hydrogen (secondary N) is 2. The van der Waals surface area contributed by atoms with Crippen molar-refractivity contribution in [1.82, 2.24) is 34.7 Å². The fraction of sp³-hybridized carbons (Fsp3) is 0.0833. The highest BCUT2D eigenvalue weighted by atomic mass is 19.1. The maximum absolute atomic E-state index is 13.4. The molecule has 0 aliphatic carbocycles. The van der Waals surface area contributed by atoms with E-state index in [1.165, 1.54) is 12.1 Å². The molecule has 156 valence electrons. The Hall–Kier alpha value is -4.33. The van der Waals surface area contributed by atoms with Crippen molar-refractivity contribution < 1.29 is 4.39 Å². The highest BCUT2D eigenvalue weighted by molar-refractivity contribution is 5.99. The first-order valence-corrected chi connectivity index (χ1v) is 10.2. The van der Waals surface area contributed by atoms with Crippen LogP contribution in [0.5, 0.6) is 0 Å². The number of benzene rings is 1. The molecule has 0 bridgehead atoms. The number of hydrogen-bond donors (Lipinski definition) is 2. The minimum atomic E-state index is -0.274. The van der Waals surface area contributed by atoms with Crippen LogP contribution in [-0.4, -0.2) is 34.7 Å². The molecule has 6 aromatic rings. The average Bonchev–Trinajstić information content (AvgIpc) is 3.50. The SMILES string of the molecule is Cc1ncc(-c2ccc3[nH]nc(-c4cc5c(-c6ccc(F)cc6)nccc5[nH]4)c3n2)n1C. The topological polar surface area (TPSA) is 88.1 Å². The molecule has 6 rings (SSSR count). The Labute approximate surface area is 182 Å². The summed E-state index contributed by atoms with van der Waals surface area (Å²) in [5.41, 5.74) is 7.48. The molecule has 2 N–H and O–H groups in total. The van der Waals surface area contributed by atoms with Crippen LogP contribution in [0, 0.1) is 12.7 Å². The van der Waals surface area contributed by atoms with Crippen LogP contribution >= 0.6 is 0 Å². The Bertz CT molecular complexity index is 1610. The van der Waals surface area contributed by atoms with Gasteiger partial charge in [-0.2, -0.15) is 5.10 Å². The van der Waals surface area contributed by atoms with Crippen molar-refractivity contribution in [2.24, 2.45) is 7.05 Å². The number of rotatable bonds is 3. The lowest BCUT2D eigenvalue weighted by atomic mass is 10.1. The smallest absolute Gasteiger partial charge is 0.135 e. The molecule has 0 unspecified atom stereocenters. The molecule has 0 aliphatic heterocycles. The maximum Gasteiger partial charge on any atom is 0.135 e. The van der Waals surface area contributed by atoms with Crippen LogP contribution in [0.2, 0.25) is 0 Å². The van der Waals surface area contributed by atoms with Crippen molar-refractivity contribution in [1.29, 1.82) is 0 Å². The van der Waals surface area contributed by atoms with Gasteiger partial charge in [-0.15, -0.1) is 0 Å². The van der Waals surface area contributed by atoms with Crippen LogP contribution in [-0.2, 0) is 7.05 Å². The van der Waals surface area contributed by atoms with Crippen LogP contribution in [0.25, 0.3) is 56.0 Å². The Morgan fingerprint density at radius 3 is 2.56 bits per heavy atom. The van der Waals surface area contributed by atoms with E-state index in [2.05, 4.69) is 25.1 Å². The van der Waals surface area contributed by atoms with E-state index < -0.39 is 0 Å². The summed E-state index contributed by atoms with van der Waals surface area (Å²) in [5.74, 6) is 0.648. The maximum atomic E-state index is 13.4. The molecular formula is C24H18FN7. The van der Waals surface area contributed by atoms with E-state index in [-0.39, 0.29) is 5.82 Å². The van der Waals surface area contributed by atoms with E-state index >= 15 is 0 Å². The first-order chi connectivity index (χ1) is 15.6. The zero-order chi connectivity index (χ0) is 21.8. The highest BCUT2D eigenvalue weighted by Crippen LogP contribution is 2.33. The summed E-state index contributed by atoms with van der Waals surface area (Å²) in [4.78, 5) is 17.2. The van der Waals surface area contributed by atoms with Crippen LogP contribution in [0.15, 0.2) is 60.9 Å².